The van der Waals surface area contributed by atoms with Gasteiger partial charge in [0.2, 0.25) is 5.91 Å². The molecule has 5 heteroatoms. The summed E-state index contributed by atoms with van der Waals surface area (Å²) >= 11 is 0. The average molecular weight is 219 g/mol. The Labute approximate surface area is 93.8 Å². The molecule has 0 bridgehead atoms. The molecule has 0 saturated heterocycles. The lowest BCUT2D eigenvalue weighted by Gasteiger charge is -2.17. The highest BCUT2D eigenvalue weighted by atomic mass is 16.2. The van der Waals surface area contributed by atoms with Gasteiger partial charge >= 0.3 is 0 Å². The molecule has 0 radical (unpaired) electrons. The lowest BCUT2D eigenvalue weighted by atomic mass is 10.3. The van der Waals surface area contributed by atoms with Gasteiger partial charge in [-0.05, 0) is 12.1 Å². The number of benzene rings is 1. The van der Waals surface area contributed by atoms with Crippen LogP contribution in [0.25, 0.3) is 0 Å². The fraction of sp³-hybridized carbons (Fsp3) is 0.273. The molecule has 1 rings (SSSR count). The summed E-state index contributed by atoms with van der Waals surface area (Å²) in [4.78, 5) is 24.2. The van der Waals surface area contributed by atoms with Crippen molar-refractivity contribution in [2.24, 2.45) is 10.2 Å². The van der Waals surface area contributed by atoms with Crippen molar-refractivity contribution in [1.82, 2.24) is 0 Å². The molecule has 0 aromatic heterocycles. The van der Waals surface area contributed by atoms with Crippen LogP contribution in [0.2, 0.25) is 0 Å². The number of amides is 2. The van der Waals surface area contributed by atoms with Crippen molar-refractivity contribution in [2.75, 3.05) is 18.5 Å². The maximum absolute atomic E-state index is 11.7. The van der Waals surface area contributed by atoms with Crippen LogP contribution in [0.5, 0.6) is 0 Å². The van der Waals surface area contributed by atoms with Gasteiger partial charge in [-0.1, -0.05) is 18.2 Å². The van der Waals surface area contributed by atoms with Gasteiger partial charge < -0.3 is 0 Å². The number of hydrogen-bond donors (Lipinski definition) is 0. The van der Waals surface area contributed by atoms with Gasteiger partial charge in [-0.2, -0.15) is 10.2 Å². The second-order valence-electron chi connectivity index (χ2n) is 3.08. The summed E-state index contributed by atoms with van der Waals surface area (Å²) in [5.41, 5.74) is 0.548. The summed E-state index contributed by atoms with van der Waals surface area (Å²) in [5, 5.41) is 7.06. The second-order valence-corrected chi connectivity index (χ2v) is 3.08. The highest BCUT2D eigenvalue weighted by Gasteiger charge is 2.19. The highest BCUT2D eigenvalue weighted by molar-refractivity contribution is 6.14. The number of azo groups is 1. The number of hydrogen-bond acceptors (Lipinski definition) is 4. The largest absolute Gasteiger partial charge is 0.274 e. The van der Waals surface area contributed by atoms with Crippen molar-refractivity contribution >= 4 is 17.5 Å². The number of carbonyl (C=O) groups is 2. The van der Waals surface area contributed by atoms with Crippen LogP contribution in [0.4, 0.5) is 5.69 Å². The molecule has 0 aliphatic rings. The Hall–Kier alpha value is -2.04. The van der Waals surface area contributed by atoms with E-state index >= 15 is 0 Å². The van der Waals surface area contributed by atoms with Crippen LogP contribution in [-0.4, -0.2) is 25.4 Å². The lowest BCUT2D eigenvalue weighted by Crippen LogP contribution is -2.36. The predicted molar refractivity (Wildman–Crippen MR) is 60.3 cm³/mol. The fourth-order valence-corrected chi connectivity index (χ4v) is 1.28. The van der Waals surface area contributed by atoms with E-state index in [4.69, 9.17) is 0 Å². The minimum absolute atomic E-state index is 0.120. The summed E-state index contributed by atoms with van der Waals surface area (Å²) in [7, 11) is 1.48. The molecular formula is C11H13N3O2. The molecule has 0 heterocycles. The first kappa shape index (κ1) is 12.0. The summed E-state index contributed by atoms with van der Waals surface area (Å²) in [6.07, 6.45) is 0. The topological polar surface area (TPSA) is 62.1 Å². The number of nitrogens with zero attached hydrogens (tertiary/aromatic N) is 3. The van der Waals surface area contributed by atoms with Gasteiger partial charge in [-0.3, -0.25) is 9.59 Å². The molecule has 0 saturated carbocycles. The highest BCUT2D eigenvalue weighted by Crippen LogP contribution is 2.13. The molecule has 1 aromatic carbocycles. The van der Waals surface area contributed by atoms with Crippen LogP contribution in [0.15, 0.2) is 40.6 Å². The summed E-state index contributed by atoms with van der Waals surface area (Å²) < 4.78 is 0. The van der Waals surface area contributed by atoms with E-state index in [-0.39, 0.29) is 18.4 Å². The molecule has 0 atom stereocenters. The van der Waals surface area contributed by atoms with Gasteiger partial charge in [-0.15, -0.1) is 0 Å². The quantitative estimate of drug-likeness (QED) is 0.725. The normalized spacial score (nSPS) is 10.4. The molecule has 0 aliphatic carbocycles. The van der Waals surface area contributed by atoms with E-state index in [0.29, 0.717) is 5.69 Å². The molecule has 5 nitrogen and oxygen atoms in total. The zero-order chi connectivity index (χ0) is 12.0. The van der Waals surface area contributed by atoms with Gasteiger partial charge in [0.1, 0.15) is 6.54 Å². The Morgan fingerprint density at radius 2 is 1.88 bits per heavy atom. The van der Waals surface area contributed by atoms with Gasteiger partial charge in [-0.25, -0.2) is 4.90 Å². The van der Waals surface area contributed by atoms with Gasteiger partial charge in [0.05, 0.1) is 5.69 Å². The molecule has 0 fully saturated rings. The molecule has 0 aliphatic heterocycles. The van der Waals surface area contributed by atoms with Crippen molar-refractivity contribution in [2.45, 2.75) is 6.92 Å². The maximum Gasteiger partial charge on any atom is 0.257 e. The third-order valence-corrected chi connectivity index (χ3v) is 1.93. The molecular weight excluding hydrogens is 206 g/mol. The molecule has 84 valence electrons. The van der Waals surface area contributed by atoms with E-state index in [2.05, 4.69) is 10.2 Å². The van der Waals surface area contributed by atoms with Gasteiger partial charge in [0, 0.05) is 14.0 Å². The van der Waals surface area contributed by atoms with Gasteiger partial charge in [0.15, 0.2) is 0 Å². The minimum Gasteiger partial charge on any atom is -0.274 e. The van der Waals surface area contributed by atoms with Crippen molar-refractivity contribution < 1.29 is 9.59 Å². The van der Waals surface area contributed by atoms with Crippen molar-refractivity contribution in [3.8, 4) is 0 Å². The van der Waals surface area contributed by atoms with E-state index in [1.54, 1.807) is 24.3 Å². The van der Waals surface area contributed by atoms with Crippen LogP contribution in [0.1, 0.15) is 6.92 Å². The molecule has 16 heavy (non-hydrogen) atoms. The second kappa shape index (κ2) is 5.75. The number of rotatable bonds is 3. The SMILES string of the molecule is CN=NCC(=O)N(C(C)=O)c1ccccc1. The first-order valence-electron chi connectivity index (χ1n) is 4.81. The minimum atomic E-state index is -0.385. The zero-order valence-corrected chi connectivity index (χ0v) is 9.25. The van der Waals surface area contributed by atoms with E-state index in [1.165, 1.54) is 14.0 Å². The molecule has 0 spiro atoms. The summed E-state index contributed by atoms with van der Waals surface area (Å²) in [6.45, 7) is 1.22. The van der Waals surface area contributed by atoms with Crippen LogP contribution in [-0.2, 0) is 9.59 Å². The standard InChI is InChI=1S/C11H13N3O2/c1-9(15)14(11(16)8-13-12-2)10-6-4-3-5-7-10/h3-7H,8H2,1-2H3. The van der Waals surface area contributed by atoms with Gasteiger partial charge in [0.25, 0.3) is 5.91 Å². The van der Waals surface area contributed by atoms with Crippen LogP contribution < -0.4 is 4.90 Å². The van der Waals surface area contributed by atoms with Crippen LogP contribution in [0.3, 0.4) is 0 Å². The Bertz CT molecular complexity index is 401. The third kappa shape index (κ3) is 2.98. The molecule has 1 aromatic rings. The third-order valence-electron chi connectivity index (χ3n) is 1.93. The monoisotopic (exact) mass is 219 g/mol. The Morgan fingerprint density at radius 1 is 1.25 bits per heavy atom. The fourth-order valence-electron chi connectivity index (χ4n) is 1.28. The smallest absolute Gasteiger partial charge is 0.257 e. The number of para-hydroxylation sites is 1. The lowest BCUT2D eigenvalue weighted by molar-refractivity contribution is -0.124. The number of imide groups is 1. The summed E-state index contributed by atoms with van der Waals surface area (Å²) in [6, 6.07) is 8.74. The van der Waals surface area contributed by atoms with Crippen molar-refractivity contribution in [1.29, 1.82) is 0 Å². The van der Waals surface area contributed by atoms with Crippen molar-refractivity contribution in [3.63, 3.8) is 0 Å². The average Bonchev–Trinajstić information content (AvgIpc) is 2.27. The molecule has 2 amide bonds. The Balaban J connectivity index is 2.92. The van der Waals surface area contributed by atoms with E-state index in [0.717, 1.165) is 4.90 Å². The summed E-state index contributed by atoms with van der Waals surface area (Å²) in [5.74, 6) is -0.716. The van der Waals surface area contributed by atoms with Crippen LogP contribution >= 0.6 is 0 Å². The maximum atomic E-state index is 11.7. The Morgan fingerprint density at radius 3 is 2.38 bits per heavy atom. The number of anilines is 1. The molecule has 0 N–H and O–H groups in total. The zero-order valence-electron chi connectivity index (χ0n) is 9.25. The first-order chi connectivity index (χ1) is 7.66. The van der Waals surface area contributed by atoms with Crippen LogP contribution in [0, 0.1) is 0 Å². The number of carbonyl (C=O) groups excluding carboxylic acids is 2. The first-order valence-corrected chi connectivity index (χ1v) is 4.81. The van der Waals surface area contributed by atoms with E-state index < -0.39 is 0 Å². The van der Waals surface area contributed by atoms with Crippen molar-refractivity contribution in [3.05, 3.63) is 30.3 Å². The Kier molecular flexibility index (Phi) is 4.32. The van der Waals surface area contributed by atoms with E-state index in [9.17, 15) is 9.59 Å². The van der Waals surface area contributed by atoms with E-state index in [1.807, 2.05) is 6.07 Å². The predicted octanol–water partition coefficient (Wildman–Crippen LogP) is 1.65. The molecule has 0 unspecified atom stereocenters.